The average molecular weight is 352 g/mol. The van der Waals surface area contributed by atoms with Gasteiger partial charge in [0.05, 0.1) is 11.7 Å². The number of likely N-dealkylation sites (tertiary alicyclic amines) is 1. The summed E-state index contributed by atoms with van der Waals surface area (Å²) in [4.78, 5) is 34.5. The zero-order chi connectivity index (χ0) is 18.1. The van der Waals surface area contributed by atoms with Crippen molar-refractivity contribution in [1.29, 1.82) is 0 Å². The van der Waals surface area contributed by atoms with E-state index in [1.54, 1.807) is 0 Å². The van der Waals surface area contributed by atoms with Crippen LogP contribution in [0.15, 0.2) is 30.3 Å². The molecule has 1 aromatic heterocycles. The third-order valence-electron chi connectivity index (χ3n) is 5.31. The first kappa shape index (κ1) is 16.8. The van der Waals surface area contributed by atoms with Crippen molar-refractivity contribution < 1.29 is 9.59 Å². The van der Waals surface area contributed by atoms with Crippen molar-refractivity contribution in [2.75, 3.05) is 6.54 Å². The average Bonchev–Trinajstić information content (AvgIpc) is 3.16. The number of aryl methyl sites for hydroxylation is 2. The summed E-state index contributed by atoms with van der Waals surface area (Å²) in [5, 5.41) is 3.10. The van der Waals surface area contributed by atoms with Gasteiger partial charge in [0.15, 0.2) is 0 Å². The van der Waals surface area contributed by atoms with E-state index in [9.17, 15) is 9.59 Å². The second-order valence-electron chi connectivity index (χ2n) is 7.36. The second kappa shape index (κ2) is 6.94. The van der Waals surface area contributed by atoms with Crippen LogP contribution in [0.4, 0.5) is 0 Å². The highest BCUT2D eigenvalue weighted by molar-refractivity contribution is 5.83. The van der Waals surface area contributed by atoms with Gasteiger partial charge in [-0.15, -0.1) is 0 Å². The standard InChI is InChI=1S/C20H24N4O2/c1-13-21-17-8-7-15(9-18(17)22-13)20(26)23-16-10-19(25)24(12-16)11-14-5-3-2-4-6-14/h2-6,15-16H,7-12H2,1H3,(H,21,22)(H,23,26)/t15-,16+/m0/s1. The Balaban J connectivity index is 1.33. The number of hydrogen-bond donors (Lipinski definition) is 2. The molecule has 2 aromatic rings. The third kappa shape index (κ3) is 3.49. The van der Waals surface area contributed by atoms with Crippen molar-refractivity contribution in [2.45, 2.75) is 45.2 Å². The van der Waals surface area contributed by atoms with Crippen molar-refractivity contribution >= 4 is 11.8 Å². The van der Waals surface area contributed by atoms with Crippen LogP contribution in [-0.2, 0) is 29.0 Å². The van der Waals surface area contributed by atoms with E-state index >= 15 is 0 Å². The number of benzene rings is 1. The van der Waals surface area contributed by atoms with Gasteiger partial charge in [-0.1, -0.05) is 30.3 Å². The van der Waals surface area contributed by atoms with E-state index in [0.29, 0.717) is 25.9 Å². The topological polar surface area (TPSA) is 78.1 Å². The Bertz CT molecular complexity index is 814. The lowest BCUT2D eigenvalue weighted by atomic mass is 9.89. The molecule has 0 saturated carbocycles. The SMILES string of the molecule is Cc1nc2c([nH]1)C[C@@H](C(=O)N[C@@H]1CC(=O)N(Cc3ccccc3)C1)CC2. The number of amides is 2. The predicted molar refractivity (Wildman–Crippen MR) is 97.2 cm³/mol. The van der Waals surface area contributed by atoms with Crippen LogP contribution in [0, 0.1) is 12.8 Å². The van der Waals surface area contributed by atoms with Crippen LogP contribution in [0.3, 0.4) is 0 Å². The minimum Gasteiger partial charge on any atom is -0.351 e. The molecule has 6 heteroatoms. The Kier molecular flexibility index (Phi) is 4.49. The minimum atomic E-state index is -0.0939. The molecule has 1 fully saturated rings. The van der Waals surface area contributed by atoms with Gasteiger partial charge in [-0.05, 0) is 25.3 Å². The van der Waals surface area contributed by atoms with Gasteiger partial charge >= 0.3 is 0 Å². The molecule has 0 unspecified atom stereocenters. The zero-order valence-corrected chi connectivity index (χ0v) is 15.0. The fraction of sp³-hybridized carbons (Fsp3) is 0.450. The fourth-order valence-corrected chi connectivity index (χ4v) is 3.99. The van der Waals surface area contributed by atoms with E-state index < -0.39 is 0 Å². The number of rotatable bonds is 4. The summed E-state index contributed by atoms with van der Waals surface area (Å²) in [5.74, 6) is 1.03. The maximum atomic E-state index is 12.7. The van der Waals surface area contributed by atoms with E-state index in [1.165, 1.54) is 0 Å². The van der Waals surface area contributed by atoms with Gasteiger partial charge in [-0.3, -0.25) is 9.59 Å². The lowest BCUT2D eigenvalue weighted by Crippen LogP contribution is -2.42. The minimum absolute atomic E-state index is 0.0411. The van der Waals surface area contributed by atoms with Crippen molar-refractivity contribution in [3.63, 3.8) is 0 Å². The first-order valence-electron chi connectivity index (χ1n) is 9.25. The van der Waals surface area contributed by atoms with Crippen molar-refractivity contribution in [2.24, 2.45) is 5.92 Å². The summed E-state index contributed by atoms with van der Waals surface area (Å²) in [6, 6.07) is 9.86. The summed E-state index contributed by atoms with van der Waals surface area (Å²) in [5.41, 5.74) is 3.29. The number of hydrogen-bond acceptors (Lipinski definition) is 3. The maximum absolute atomic E-state index is 12.7. The summed E-state index contributed by atoms with van der Waals surface area (Å²) >= 11 is 0. The lowest BCUT2D eigenvalue weighted by molar-refractivity contribution is -0.128. The fourth-order valence-electron chi connectivity index (χ4n) is 3.99. The van der Waals surface area contributed by atoms with Gasteiger partial charge < -0.3 is 15.2 Å². The first-order valence-corrected chi connectivity index (χ1v) is 9.25. The molecule has 1 aliphatic carbocycles. The molecule has 4 rings (SSSR count). The number of carbonyl (C=O) groups excluding carboxylic acids is 2. The molecule has 0 bridgehead atoms. The maximum Gasteiger partial charge on any atom is 0.225 e. The highest BCUT2D eigenvalue weighted by atomic mass is 16.2. The molecule has 0 spiro atoms. The molecule has 6 nitrogen and oxygen atoms in total. The first-order chi connectivity index (χ1) is 12.6. The van der Waals surface area contributed by atoms with Gasteiger partial charge in [0.1, 0.15) is 5.82 Å². The summed E-state index contributed by atoms with van der Waals surface area (Å²) in [6.07, 6.45) is 2.75. The van der Waals surface area contributed by atoms with Gasteiger partial charge in [0, 0.05) is 37.5 Å². The number of fused-ring (bicyclic) bond motifs is 1. The Labute approximate surface area is 153 Å². The largest absolute Gasteiger partial charge is 0.351 e. The van der Waals surface area contributed by atoms with E-state index in [-0.39, 0.29) is 23.8 Å². The summed E-state index contributed by atoms with van der Waals surface area (Å²) < 4.78 is 0. The Morgan fingerprint density at radius 2 is 2.12 bits per heavy atom. The van der Waals surface area contributed by atoms with Crippen LogP contribution < -0.4 is 5.32 Å². The number of H-pyrrole nitrogens is 1. The number of aromatic nitrogens is 2. The molecule has 2 amide bonds. The monoisotopic (exact) mass is 352 g/mol. The van der Waals surface area contributed by atoms with Gasteiger partial charge in [0.2, 0.25) is 11.8 Å². The number of carbonyl (C=O) groups is 2. The Morgan fingerprint density at radius 1 is 1.31 bits per heavy atom. The molecule has 2 N–H and O–H groups in total. The predicted octanol–water partition coefficient (Wildman–Crippen LogP) is 1.74. The molecule has 26 heavy (non-hydrogen) atoms. The molecular weight excluding hydrogens is 328 g/mol. The second-order valence-corrected chi connectivity index (χ2v) is 7.36. The van der Waals surface area contributed by atoms with E-state index in [0.717, 1.165) is 35.6 Å². The van der Waals surface area contributed by atoms with Crippen molar-refractivity contribution in [1.82, 2.24) is 20.2 Å². The summed E-state index contributed by atoms with van der Waals surface area (Å²) in [7, 11) is 0. The number of imidazole rings is 1. The van der Waals surface area contributed by atoms with Crippen LogP contribution >= 0.6 is 0 Å². The Morgan fingerprint density at radius 3 is 2.92 bits per heavy atom. The normalized spacial score (nSPS) is 22.3. The quantitative estimate of drug-likeness (QED) is 0.880. The van der Waals surface area contributed by atoms with Gasteiger partial charge in [-0.2, -0.15) is 0 Å². The molecule has 2 atom stereocenters. The highest BCUT2D eigenvalue weighted by Gasteiger charge is 2.33. The van der Waals surface area contributed by atoms with Gasteiger partial charge in [-0.25, -0.2) is 4.98 Å². The molecule has 1 aliphatic heterocycles. The summed E-state index contributed by atoms with van der Waals surface area (Å²) in [6.45, 7) is 3.13. The van der Waals surface area contributed by atoms with Crippen LogP contribution in [0.5, 0.6) is 0 Å². The third-order valence-corrected chi connectivity index (χ3v) is 5.31. The molecule has 136 valence electrons. The molecule has 2 heterocycles. The van der Waals surface area contributed by atoms with Gasteiger partial charge in [0.25, 0.3) is 0 Å². The molecule has 0 radical (unpaired) electrons. The highest BCUT2D eigenvalue weighted by Crippen LogP contribution is 2.24. The van der Waals surface area contributed by atoms with Crippen LogP contribution in [0.25, 0.3) is 0 Å². The number of nitrogens with zero attached hydrogens (tertiary/aromatic N) is 2. The lowest BCUT2D eigenvalue weighted by Gasteiger charge is -2.23. The van der Waals surface area contributed by atoms with Crippen molar-refractivity contribution in [3.05, 3.63) is 53.1 Å². The van der Waals surface area contributed by atoms with E-state index in [4.69, 9.17) is 0 Å². The smallest absolute Gasteiger partial charge is 0.225 e. The molecule has 1 saturated heterocycles. The Hall–Kier alpha value is -2.63. The molecular formula is C20H24N4O2. The van der Waals surface area contributed by atoms with Crippen LogP contribution in [0.2, 0.25) is 0 Å². The van der Waals surface area contributed by atoms with E-state index in [1.807, 2.05) is 42.2 Å². The molecule has 1 aromatic carbocycles. The van der Waals surface area contributed by atoms with Crippen LogP contribution in [0.1, 0.15) is 35.6 Å². The number of nitrogens with one attached hydrogen (secondary N) is 2. The van der Waals surface area contributed by atoms with Crippen LogP contribution in [-0.4, -0.2) is 39.3 Å². The zero-order valence-electron chi connectivity index (χ0n) is 15.0. The molecule has 2 aliphatic rings. The van der Waals surface area contributed by atoms with E-state index in [2.05, 4.69) is 15.3 Å². The van der Waals surface area contributed by atoms with Crippen molar-refractivity contribution in [3.8, 4) is 0 Å². The number of aromatic amines is 1.